The van der Waals surface area contributed by atoms with Crippen LogP contribution in [0.3, 0.4) is 0 Å². The van der Waals surface area contributed by atoms with Crippen molar-refractivity contribution in [2.75, 3.05) is 6.54 Å². The van der Waals surface area contributed by atoms with Crippen molar-refractivity contribution in [1.29, 1.82) is 0 Å². The summed E-state index contributed by atoms with van der Waals surface area (Å²) in [6.45, 7) is 11.7. The van der Waals surface area contributed by atoms with Crippen molar-refractivity contribution < 1.29 is 14.3 Å². The smallest absolute Gasteiger partial charge is 0.350 e. The number of carbonyl (C=O) groups is 1. The number of esters is 1. The number of benzene rings is 3. The zero-order chi connectivity index (χ0) is 24.1. The fraction of sp³-hybridized carbons (Fsp3) is 0.345. The zero-order valence-electron chi connectivity index (χ0n) is 20.4. The number of hydrogen-bond acceptors (Lipinski definition) is 4. The van der Waals surface area contributed by atoms with E-state index in [2.05, 4.69) is 66.5 Å². The molecule has 3 aromatic carbocycles. The maximum atomic E-state index is 12.4. The third-order valence-electron chi connectivity index (χ3n) is 5.14. The van der Waals surface area contributed by atoms with E-state index in [4.69, 9.17) is 9.47 Å². The molecule has 3 rings (SSSR count). The summed E-state index contributed by atoms with van der Waals surface area (Å²) in [5.41, 5.74) is 0.513. The van der Waals surface area contributed by atoms with E-state index < -0.39 is 17.2 Å². The number of fused-ring (bicyclic) bond motifs is 1. The van der Waals surface area contributed by atoms with E-state index in [0.29, 0.717) is 12.3 Å². The van der Waals surface area contributed by atoms with Crippen LogP contribution in [0, 0.1) is 11.8 Å². The van der Waals surface area contributed by atoms with Crippen LogP contribution in [0.25, 0.3) is 10.8 Å². The van der Waals surface area contributed by atoms with E-state index in [0.717, 1.165) is 5.56 Å². The van der Waals surface area contributed by atoms with Crippen molar-refractivity contribution in [2.45, 2.75) is 58.8 Å². The van der Waals surface area contributed by atoms with Crippen LogP contribution in [0.2, 0.25) is 0 Å². The lowest BCUT2D eigenvalue weighted by molar-refractivity contribution is -0.170. The van der Waals surface area contributed by atoms with Crippen LogP contribution >= 0.6 is 0 Å². The van der Waals surface area contributed by atoms with Crippen LogP contribution in [0.4, 0.5) is 0 Å². The minimum absolute atomic E-state index is 0.191. The summed E-state index contributed by atoms with van der Waals surface area (Å²) in [6.07, 6.45) is 0. The highest BCUT2D eigenvalue weighted by molar-refractivity contribution is 5.86. The van der Waals surface area contributed by atoms with Gasteiger partial charge in [-0.25, -0.2) is 4.79 Å². The zero-order valence-corrected chi connectivity index (χ0v) is 20.4. The maximum absolute atomic E-state index is 12.4. The van der Waals surface area contributed by atoms with Crippen LogP contribution in [0.15, 0.2) is 66.7 Å². The molecule has 0 fully saturated rings. The fourth-order valence-electron chi connectivity index (χ4n) is 3.43. The Hall–Kier alpha value is -3.29. The molecular formula is C29H33NO3. The third-order valence-corrected chi connectivity index (χ3v) is 5.14. The van der Waals surface area contributed by atoms with E-state index >= 15 is 0 Å². The maximum Gasteiger partial charge on any atom is 0.350 e. The van der Waals surface area contributed by atoms with Crippen LogP contribution in [0.1, 0.15) is 58.7 Å². The minimum atomic E-state index is -1.08. The molecule has 1 N–H and O–H groups in total. The monoisotopic (exact) mass is 443 g/mol. The highest BCUT2D eigenvalue weighted by Crippen LogP contribution is 2.24. The molecule has 0 spiro atoms. The quantitative estimate of drug-likeness (QED) is 0.373. The van der Waals surface area contributed by atoms with E-state index in [-0.39, 0.29) is 6.04 Å². The van der Waals surface area contributed by atoms with E-state index in [1.54, 1.807) is 13.8 Å². The summed E-state index contributed by atoms with van der Waals surface area (Å²) in [7, 11) is 0. The van der Waals surface area contributed by atoms with E-state index in [1.165, 1.54) is 16.3 Å². The molecule has 172 valence electrons. The Labute approximate surface area is 197 Å². The van der Waals surface area contributed by atoms with Crippen molar-refractivity contribution in [3.8, 4) is 17.6 Å². The summed E-state index contributed by atoms with van der Waals surface area (Å²) in [6, 6.07) is 22.4. The van der Waals surface area contributed by atoms with Crippen molar-refractivity contribution in [2.24, 2.45) is 0 Å². The summed E-state index contributed by atoms with van der Waals surface area (Å²) < 4.78 is 11.3. The predicted molar refractivity (Wildman–Crippen MR) is 134 cm³/mol. The molecule has 0 aromatic heterocycles. The Bertz CT molecular complexity index is 1160. The van der Waals surface area contributed by atoms with E-state index in [1.807, 2.05) is 45.0 Å². The summed E-state index contributed by atoms with van der Waals surface area (Å²) in [5.74, 6) is 6.56. The molecule has 0 heterocycles. The average molecular weight is 444 g/mol. The number of rotatable bonds is 6. The van der Waals surface area contributed by atoms with Crippen molar-refractivity contribution in [3.05, 3.63) is 77.9 Å². The topological polar surface area (TPSA) is 47.6 Å². The van der Waals surface area contributed by atoms with Gasteiger partial charge in [0, 0.05) is 11.6 Å². The molecule has 0 saturated carbocycles. The predicted octanol–water partition coefficient (Wildman–Crippen LogP) is 6.04. The molecule has 3 aromatic rings. The van der Waals surface area contributed by atoms with Crippen LogP contribution in [-0.4, -0.2) is 23.7 Å². The van der Waals surface area contributed by atoms with Crippen molar-refractivity contribution in [3.63, 3.8) is 0 Å². The molecule has 1 atom stereocenters. The summed E-state index contributed by atoms with van der Waals surface area (Å²) in [4.78, 5) is 12.4. The Morgan fingerprint density at radius 1 is 0.939 bits per heavy atom. The van der Waals surface area contributed by atoms with Gasteiger partial charge in [0.05, 0.1) is 6.54 Å². The molecule has 0 amide bonds. The Balaban J connectivity index is 1.56. The number of hydrogen-bond donors (Lipinski definition) is 1. The first-order valence-electron chi connectivity index (χ1n) is 11.3. The van der Waals surface area contributed by atoms with Gasteiger partial charge in [-0.05, 0) is 82.1 Å². The molecular weight excluding hydrogens is 410 g/mol. The van der Waals surface area contributed by atoms with Gasteiger partial charge in [-0.2, -0.15) is 0 Å². The highest BCUT2D eigenvalue weighted by Gasteiger charge is 2.34. The molecule has 0 aliphatic carbocycles. The molecule has 0 aliphatic heterocycles. The van der Waals surface area contributed by atoms with Gasteiger partial charge in [0.15, 0.2) is 5.60 Å². The Kier molecular flexibility index (Phi) is 7.46. The lowest BCUT2D eigenvalue weighted by Gasteiger charge is -2.29. The highest BCUT2D eigenvalue weighted by atomic mass is 16.6. The van der Waals surface area contributed by atoms with Gasteiger partial charge in [-0.3, -0.25) is 5.32 Å². The van der Waals surface area contributed by atoms with Gasteiger partial charge in [0.25, 0.3) is 0 Å². The first kappa shape index (κ1) is 24.4. The van der Waals surface area contributed by atoms with Gasteiger partial charge in [-0.15, -0.1) is 0 Å². The Morgan fingerprint density at radius 2 is 1.61 bits per heavy atom. The summed E-state index contributed by atoms with van der Waals surface area (Å²) >= 11 is 0. The van der Waals surface area contributed by atoms with Crippen LogP contribution in [0.5, 0.6) is 5.75 Å². The second kappa shape index (κ2) is 10.1. The van der Waals surface area contributed by atoms with Gasteiger partial charge in [0.1, 0.15) is 11.4 Å². The molecule has 0 saturated heterocycles. The number of carbonyl (C=O) groups excluding carboxylic acids is 1. The molecule has 0 bridgehead atoms. The number of nitrogens with one attached hydrogen (secondary N) is 1. The Morgan fingerprint density at radius 3 is 2.30 bits per heavy atom. The second-order valence-electron chi connectivity index (χ2n) is 9.61. The molecule has 4 heteroatoms. The lowest BCUT2D eigenvalue weighted by atomic mass is 10.00. The largest absolute Gasteiger partial charge is 0.476 e. The average Bonchev–Trinajstić information content (AvgIpc) is 2.76. The van der Waals surface area contributed by atoms with E-state index in [9.17, 15) is 4.79 Å². The van der Waals surface area contributed by atoms with Gasteiger partial charge in [-0.1, -0.05) is 54.3 Å². The van der Waals surface area contributed by atoms with Crippen molar-refractivity contribution >= 4 is 16.7 Å². The van der Waals surface area contributed by atoms with Crippen LogP contribution < -0.4 is 10.1 Å². The minimum Gasteiger partial charge on any atom is -0.476 e. The molecule has 0 unspecified atom stereocenters. The van der Waals surface area contributed by atoms with Crippen molar-refractivity contribution in [1.82, 2.24) is 5.32 Å². The first-order valence-corrected chi connectivity index (χ1v) is 11.3. The molecule has 0 aliphatic rings. The normalized spacial score (nSPS) is 12.5. The molecule has 33 heavy (non-hydrogen) atoms. The standard InChI is InChI=1S/C29H33NO3/c1-21(25-15-9-13-23-12-7-8-14-26(23)25)30-20-10-11-22-16-18-24(19-17-22)32-29(5,6)27(31)33-28(2,3)4/h7-9,12-19,21,30H,20H2,1-6H3/t21-/m1/s1. The third kappa shape index (κ3) is 6.84. The summed E-state index contributed by atoms with van der Waals surface area (Å²) in [5, 5.41) is 5.99. The molecule has 4 nitrogen and oxygen atoms in total. The fourth-order valence-corrected chi connectivity index (χ4v) is 3.43. The lowest BCUT2D eigenvalue weighted by Crippen LogP contribution is -2.43. The van der Waals surface area contributed by atoms with Gasteiger partial charge < -0.3 is 9.47 Å². The van der Waals surface area contributed by atoms with Gasteiger partial charge in [0.2, 0.25) is 0 Å². The van der Waals surface area contributed by atoms with Gasteiger partial charge >= 0.3 is 5.97 Å². The second-order valence-corrected chi connectivity index (χ2v) is 9.61. The number of ether oxygens (including phenoxy) is 2. The molecule has 0 radical (unpaired) electrons. The SMILES string of the molecule is C[C@@H](NCC#Cc1ccc(OC(C)(C)C(=O)OC(C)(C)C)cc1)c1cccc2ccccc12. The van der Waals surface area contributed by atoms with Crippen LogP contribution in [-0.2, 0) is 9.53 Å². The first-order chi connectivity index (χ1) is 15.5.